The number of rotatable bonds is 7. The third kappa shape index (κ3) is 5.78. The molecule has 8 heteroatoms. The normalized spacial score (nSPS) is 11.2. The third-order valence-corrected chi connectivity index (χ3v) is 6.48. The molecular weight excluding hydrogens is 438 g/mol. The van der Waals surface area contributed by atoms with Gasteiger partial charge in [-0.05, 0) is 69.2 Å². The molecule has 0 aliphatic rings. The zero-order valence-electron chi connectivity index (χ0n) is 19.0. The van der Waals surface area contributed by atoms with Crippen LogP contribution in [-0.4, -0.2) is 26.3 Å². The molecule has 0 atom stereocenters. The Labute approximate surface area is 194 Å². The van der Waals surface area contributed by atoms with Gasteiger partial charge in [0.1, 0.15) is 0 Å². The summed E-state index contributed by atoms with van der Waals surface area (Å²) < 4.78 is 28.7. The zero-order valence-corrected chi connectivity index (χ0v) is 19.8. The van der Waals surface area contributed by atoms with Gasteiger partial charge < -0.3 is 10.6 Å². The van der Waals surface area contributed by atoms with Crippen LogP contribution in [0.3, 0.4) is 0 Å². The molecule has 3 N–H and O–H groups in total. The highest BCUT2D eigenvalue weighted by molar-refractivity contribution is 7.92. The van der Waals surface area contributed by atoms with E-state index in [1.54, 1.807) is 55.5 Å². The summed E-state index contributed by atoms with van der Waals surface area (Å²) in [6.45, 7) is 7.16. The van der Waals surface area contributed by atoms with Crippen molar-refractivity contribution in [2.24, 2.45) is 0 Å². The molecule has 0 radical (unpaired) electrons. The number of sulfonamides is 1. The lowest BCUT2D eigenvalue weighted by Gasteiger charge is -2.15. The standard InChI is InChI=1S/C25H27N3O4S/c1-16(2)26-25(30)20-10-6-8-12-22(20)27-24(29)19-14-13-18(4)23(15-19)33(31,32)28-21-11-7-5-9-17(21)3/h5-16,28H,1-4H3,(H,26,30)(H,27,29). The van der Waals surface area contributed by atoms with Crippen LogP contribution in [0.5, 0.6) is 0 Å². The van der Waals surface area contributed by atoms with Crippen LogP contribution in [0.15, 0.2) is 71.6 Å². The predicted octanol–water partition coefficient (Wildman–Crippen LogP) is 4.49. The second-order valence-corrected chi connectivity index (χ2v) is 9.68. The molecule has 0 aromatic heterocycles. The van der Waals surface area contributed by atoms with Crippen molar-refractivity contribution in [3.05, 3.63) is 89.0 Å². The largest absolute Gasteiger partial charge is 0.350 e. The minimum Gasteiger partial charge on any atom is -0.350 e. The second-order valence-electron chi connectivity index (χ2n) is 8.03. The number of hydrogen-bond acceptors (Lipinski definition) is 4. The van der Waals surface area contributed by atoms with Gasteiger partial charge in [-0.1, -0.05) is 36.4 Å². The van der Waals surface area contributed by atoms with Crippen molar-refractivity contribution in [3.63, 3.8) is 0 Å². The fourth-order valence-corrected chi connectivity index (χ4v) is 4.65. The molecule has 33 heavy (non-hydrogen) atoms. The van der Waals surface area contributed by atoms with E-state index in [4.69, 9.17) is 0 Å². The maximum absolute atomic E-state index is 13.1. The van der Waals surface area contributed by atoms with Crippen molar-refractivity contribution in [1.29, 1.82) is 0 Å². The van der Waals surface area contributed by atoms with Crippen molar-refractivity contribution in [2.75, 3.05) is 10.0 Å². The van der Waals surface area contributed by atoms with Crippen molar-refractivity contribution in [3.8, 4) is 0 Å². The molecular formula is C25H27N3O4S. The lowest BCUT2D eigenvalue weighted by Crippen LogP contribution is -2.31. The molecule has 3 aromatic rings. The quantitative estimate of drug-likeness (QED) is 0.478. The molecule has 3 aromatic carbocycles. The van der Waals surface area contributed by atoms with Crippen LogP contribution in [-0.2, 0) is 10.0 Å². The van der Waals surface area contributed by atoms with Crippen LogP contribution in [0.1, 0.15) is 45.7 Å². The molecule has 0 aliphatic carbocycles. The number of aryl methyl sites for hydroxylation is 2. The van der Waals surface area contributed by atoms with E-state index in [1.807, 2.05) is 32.9 Å². The van der Waals surface area contributed by atoms with Gasteiger partial charge in [0.25, 0.3) is 21.8 Å². The minimum absolute atomic E-state index is 0.00393. The fraction of sp³-hybridized carbons (Fsp3) is 0.200. The highest BCUT2D eigenvalue weighted by atomic mass is 32.2. The molecule has 3 rings (SSSR count). The topological polar surface area (TPSA) is 104 Å². The van der Waals surface area contributed by atoms with E-state index in [-0.39, 0.29) is 22.4 Å². The van der Waals surface area contributed by atoms with E-state index in [0.717, 1.165) is 5.56 Å². The van der Waals surface area contributed by atoms with Crippen molar-refractivity contribution in [1.82, 2.24) is 5.32 Å². The van der Waals surface area contributed by atoms with Crippen LogP contribution >= 0.6 is 0 Å². The molecule has 0 spiro atoms. The molecule has 172 valence electrons. The van der Waals surface area contributed by atoms with Crippen molar-refractivity contribution < 1.29 is 18.0 Å². The van der Waals surface area contributed by atoms with Gasteiger partial charge in [-0.3, -0.25) is 14.3 Å². The fourth-order valence-electron chi connectivity index (χ4n) is 3.24. The maximum atomic E-state index is 13.1. The van der Waals surface area contributed by atoms with E-state index in [2.05, 4.69) is 15.4 Å². The lowest BCUT2D eigenvalue weighted by atomic mass is 10.1. The Balaban J connectivity index is 1.89. The monoisotopic (exact) mass is 465 g/mol. The van der Waals surface area contributed by atoms with Crippen LogP contribution < -0.4 is 15.4 Å². The SMILES string of the molecule is Cc1ccccc1NS(=O)(=O)c1cc(C(=O)Nc2ccccc2C(=O)NC(C)C)ccc1C. The van der Waals surface area contributed by atoms with E-state index in [1.165, 1.54) is 6.07 Å². The molecule has 0 bridgehead atoms. The molecule has 0 unspecified atom stereocenters. The van der Waals surface area contributed by atoms with E-state index >= 15 is 0 Å². The lowest BCUT2D eigenvalue weighted by molar-refractivity contribution is 0.0944. The minimum atomic E-state index is -3.92. The Kier molecular flexibility index (Phi) is 7.18. The predicted molar refractivity (Wildman–Crippen MR) is 130 cm³/mol. The van der Waals surface area contributed by atoms with E-state index in [0.29, 0.717) is 22.5 Å². The van der Waals surface area contributed by atoms with Gasteiger partial charge >= 0.3 is 0 Å². The average molecular weight is 466 g/mol. The summed E-state index contributed by atoms with van der Waals surface area (Å²) in [6.07, 6.45) is 0. The Bertz CT molecular complexity index is 1300. The van der Waals surface area contributed by atoms with Gasteiger partial charge in [0.2, 0.25) is 0 Å². The number of carbonyl (C=O) groups excluding carboxylic acids is 2. The van der Waals surface area contributed by atoms with Crippen LogP contribution in [0.4, 0.5) is 11.4 Å². The first-order chi connectivity index (χ1) is 15.6. The molecule has 2 amide bonds. The Morgan fingerprint density at radius 2 is 1.42 bits per heavy atom. The van der Waals surface area contributed by atoms with Crippen LogP contribution in [0.2, 0.25) is 0 Å². The summed E-state index contributed by atoms with van der Waals surface area (Å²) in [6, 6.07) is 18.1. The van der Waals surface area contributed by atoms with E-state index in [9.17, 15) is 18.0 Å². The zero-order chi connectivity index (χ0) is 24.2. The van der Waals surface area contributed by atoms with Crippen LogP contribution in [0, 0.1) is 13.8 Å². The molecule has 0 saturated carbocycles. The summed E-state index contributed by atoms with van der Waals surface area (Å²) in [7, 11) is -3.92. The molecule has 0 saturated heterocycles. The highest BCUT2D eigenvalue weighted by Gasteiger charge is 2.21. The first-order valence-corrected chi connectivity index (χ1v) is 12.0. The van der Waals surface area contributed by atoms with Gasteiger partial charge in [-0.2, -0.15) is 0 Å². The summed E-state index contributed by atoms with van der Waals surface area (Å²) in [5.41, 5.74) is 2.57. The first-order valence-electron chi connectivity index (χ1n) is 10.5. The van der Waals surface area contributed by atoms with E-state index < -0.39 is 15.9 Å². The number of para-hydroxylation sites is 2. The second kappa shape index (κ2) is 9.87. The third-order valence-electron chi connectivity index (χ3n) is 4.97. The Hall–Kier alpha value is -3.65. The highest BCUT2D eigenvalue weighted by Crippen LogP contribution is 2.24. The molecule has 0 heterocycles. The summed E-state index contributed by atoms with van der Waals surface area (Å²) >= 11 is 0. The maximum Gasteiger partial charge on any atom is 0.262 e. The van der Waals surface area contributed by atoms with Gasteiger partial charge in [0.15, 0.2) is 0 Å². The number of anilines is 2. The molecule has 0 fully saturated rings. The Morgan fingerprint density at radius 3 is 2.09 bits per heavy atom. The number of carbonyl (C=O) groups is 2. The van der Waals surface area contributed by atoms with Gasteiger partial charge in [0.05, 0.1) is 21.8 Å². The summed E-state index contributed by atoms with van der Waals surface area (Å²) in [4.78, 5) is 25.4. The smallest absolute Gasteiger partial charge is 0.262 e. The van der Waals surface area contributed by atoms with Gasteiger partial charge in [-0.15, -0.1) is 0 Å². The summed E-state index contributed by atoms with van der Waals surface area (Å²) in [5, 5.41) is 5.52. The first kappa shape index (κ1) is 24.0. The number of nitrogens with one attached hydrogen (secondary N) is 3. The number of amides is 2. The van der Waals surface area contributed by atoms with Crippen LogP contribution in [0.25, 0.3) is 0 Å². The summed E-state index contributed by atoms with van der Waals surface area (Å²) in [5.74, 6) is -0.831. The van der Waals surface area contributed by atoms with Crippen molar-refractivity contribution in [2.45, 2.75) is 38.6 Å². The van der Waals surface area contributed by atoms with Crippen molar-refractivity contribution >= 4 is 33.2 Å². The Morgan fingerprint density at radius 1 is 0.788 bits per heavy atom. The van der Waals surface area contributed by atoms with Gasteiger partial charge in [-0.25, -0.2) is 8.42 Å². The number of benzene rings is 3. The average Bonchev–Trinajstić information content (AvgIpc) is 2.75. The van der Waals surface area contributed by atoms with Gasteiger partial charge in [0, 0.05) is 11.6 Å². The molecule has 7 nitrogen and oxygen atoms in total. The number of hydrogen-bond donors (Lipinski definition) is 3. The molecule has 0 aliphatic heterocycles.